The van der Waals surface area contributed by atoms with Crippen molar-refractivity contribution in [3.63, 3.8) is 0 Å². The van der Waals surface area contributed by atoms with Gasteiger partial charge >= 0.3 is 5.97 Å². The Labute approximate surface area is 152 Å². The lowest BCUT2D eigenvalue weighted by Crippen LogP contribution is -2.07. The molecule has 2 rings (SSSR count). The lowest BCUT2D eigenvalue weighted by atomic mass is 9.95. The average molecular weight is 355 g/mol. The van der Waals surface area contributed by atoms with E-state index in [0.717, 1.165) is 5.56 Å². The number of nitrogens with zero attached hydrogens (tertiary/aromatic N) is 1. The fourth-order valence-electron chi connectivity index (χ4n) is 2.41. The summed E-state index contributed by atoms with van der Waals surface area (Å²) in [5.74, 6) is 1.01. The molecule has 0 spiro atoms. The quantitative estimate of drug-likeness (QED) is 0.356. The minimum Gasteiger partial charge on any atom is -0.497 e. The topological polar surface area (TPSA) is 77.4 Å². The molecule has 0 unspecified atom stereocenters. The van der Waals surface area contributed by atoms with E-state index in [1.807, 2.05) is 12.1 Å². The summed E-state index contributed by atoms with van der Waals surface area (Å²) >= 11 is 0. The Balaban J connectivity index is 2.46. The largest absolute Gasteiger partial charge is 0.497 e. The third kappa shape index (κ3) is 4.63. The number of hydrogen-bond donors (Lipinski definition) is 1. The molecule has 136 valence electrons. The smallest absolute Gasteiger partial charge is 0.309 e. The monoisotopic (exact) mass is 355 g/mol. The van der Waals surface area contributed by atoms with E-state index in [4.69, 9.17) is 14.2 Å². The van der Waals surface area contributed by atoms with Gasteiger partial charge in [0.05, 0.1) is 27.8 Å². The predicted octanol–water partition coefficient (Wildman–Crippen LogP) is 3.53. The van der Waals surface area contributed by atoms with Crippen molar-refractivity contribution in [2.75, 3.05) is 21.3 Å². The van der Waals surface area contributed by atoms with Gasteiger partial charge < -0.3 is 19.4 Å². The molecule has 0 aromatic heterocycles. The molecule has 0 aliphatic heterocycles. The van der Waals surface area contributed by atoms with Crippen molar-refractivity contribution in [2.45, 2.75) is 6.42 Å². The molecule has 2 aromatic carbocycles. The molecule has 0 bridgehead atoms. The average Bonchev–Trinajstić information content (AvgIpc) is 2.71. The van der Waals surface area contributed by atoms with Crippen LogP contribution in [0.25, 0.3) is 5.57 Å². The number of hydrogen-bond acceptors (Lipinski definition) is 6. The summed E-state index contributed by atoms with van der Waals surface area (Å²) < 4.78 is 15.0. The van der Waals surface area contributed by atoms with Gasteiger partial charge in [-0.3, -0.25) is 4.79 Å². The van der Waals surface area contributed by atoms with Crippen molar-refractivity contribution in [1.82, 2.24) is 0 Å². The highest BCUT2D eigenvalue weighted by Gasteiger charge is 2.15. The first-order valence-electron chi connectivity index (χ1n) is 7.91. The minimum absolute atomic E-state index is 0.0486. The van der Waals surface area contributed by atoms with Crippen molar-refractivity contribution < 1.29 is 24.2 Å². The van der Waals surface area contributed by atoms with Crippen molar-refractivity contribution in [3.05, 3.63) is 65.7 Å². The highest BCUT2D eigenvalue weighted by atomic mass is 16.5. The first-order valence-corrected chi connectivity index (χ1v) is 7.91. The van der Waals surface area contributed by atoms with Crippen LogP contribution in [0.1, 0.15) is 17.5 Å². The van der Waals surface area contributed by atoms with E-state index in [-0.39, 0.29) is 12.4 Å². The summed E-state index contributed by atoms with van der Waals surface area (Å²) in [7, 11) is 4.49. The summed E-state index contributed by atoms with van der Waals surface area (Å²) in [5.41, 5.74) is 2.39. The summed E-state index contributed by atoms with van der Waals surface area (Å²) in [6, 6.07) is 14.4. The fourth-order valence-corrected chi connectivity index (χ4v) is 2.41. The Morgan fingerprint density at radius 2 is 1.42 bits per heavy atom. The Bertz CT molecular complexity index is 792. The predicted molar refractivity (Wildman–Crippen MR) is 98.9 cm³/mol. The highest BCUT2D eigenvalue weighted by molar-refractivity contribution is 6.31. The highest BCUT2D eigenvalue weighted by Crippen LogP contribution is 2.25. The SMILES string of the molecule is COC(=O)C/C=C(/C(=N\O)c1ccc(OC)cc1)c1ccc(OC)cc1. The standard InChI is InChI=1S/C20H21NO5/c1-24-16-8-4-14(5-9-16)18(12-13-19(22)26-3)20(21-23)15-6-10-17(25-2)11-7-15/h4-12,23H,13H2,1-3H3/b18-12+,21-20-. The van der Waals surface area contributed by atoms with Crippen LogP contribution in [0.3, 0.4) is 0 Å². The zero-order chi connectivity index (χ0) is 18.9. The number of benzene rings is 2. The molecule has 6 heteroatoms. The number of oxime groups is 1. The Kier molecular flexibility index (Phi) is 6.79. The molecule has 0 saturated heterocycles. The third-order valence-corrected chi connectivity index (χ3v) is 3.82. The van der Waals surface area contributed by atoms with E-state index in [0.29, 0.717) is 28.3 Å². The molecule has 2 aromatic rings. The number of rotatable bonds is 7. The van der Waals surface area contributed by atoms with Gasteiger partial charge in [0.2, 0.25) is 0 Å². The van der Waals surface area contributed by atoms with Crippen LogP contribution in [0.2, 0.25) is 0 Å². The first-order chi connectivity index (χ1) is 12.6. The third-order valence-electron chi connectivity index (χ3n) is 3.82. The summed E-state index contributed by atoms with van der Waals surface area (Å²) in [4.78, 5) is 11.6. The van der Waals surface area contributed by atoms with Gasteiger partial charge in [-0.15, -0.1) is 0 Å². The molecule has 0 atom stereocenters. The first kappa shape index (κ1) is 19.1. The molecule has 0 radical (unpaired) electrons. The van der Waals surface area contributed by atoms with E-state index in [9.17, 15) is 10.0 Å². The maximum Gasteiger partial charge on any atom is 0.309 e. The number of carbonyl (C=O) groups excluding carboxylic acids is 1. The molecule has 0 fully saturated rings. The van der Waals surface area contributed by atoms with E-state index < -0.39 is 0 Å². The number of ether oxygens (including phenoxy) is 3. The van der Waals surface area contributed by atoms with Crippen LogP contribution in [-0.2, 0) is 9.53 Å². The van der Waals surface area contributed by atoms with Crippen molar-refractivity contribution in [2.24, 2.45) is 5.16 Å². The molecule has 0 heterocycles. The van der Waals surface area contributed by atoms with Crippen molar-refractivity contribution in [1.29, 1.82) is 0 Å². The maximum absolute atomic E-state index is 11.6. The number of methoxy groups -OCH3 is 3. The second-order valence-electron chi connectivity index (χ2n) is 5.30. The molecule has 0 aliphatic carbocycles. The number of carbonyl (C=O) groups is 1. The normalized spacial score (nSPS) is 11.8. The second kappa shape index (κ2) is 9.27. The van der Waals surface area contributed by atoms with Crippen LogP contribution < -0.4 is 9.47 Å². The van der Waals surface area contributed by atoms with Gasteiger partial charge in [-0.25, -0.2) is 0 Å². The second-order valence-corrected chi connectivity index (χ2v) is 5.30. The van der Waals surface area contributed by atoms with E-state index in [1.54, 1.807) is 56.7 Å². The summed E-state index contributed by atoms with van der Waals surface area (Å²) in [5, 5.41) is 13.1. The van der Waals surface area contributed by atoms with Crippen LogP contribution in [0.5, 0.6) is 11.5 Å². The zero-order valence-electron chi connectivity index (χ0n) is 14.9. The lowest BCUT2D eigenvalue weighted by molar-refractivity contribution is -0.139. The summed E-state index contributed by atoms with van der Waals surface area (Å²) in [6.07, 6.45) is 1.72. The molecule has 26 heavy (non-hydrogen) atoms. The van der Waals surface area contributed by atoms with Crippen molar-refractivity contribution >= 4 is 17.3 Å². The zero-order valence-corrected chi connectivity index (χ0v) is 14.9. The van der Waals surface area contributed by atoms with Gasteiger partial charge in [0.25, 0.3) is 0 Å². The van der Waals surface area contributed by atoms with Crippen LogP contribution >= 0.6 is 0 Å². The maximum atomic E-state index is 11.6. The number of allylic oxidation sites excluding steroid dienone is 1. The Morgan fingerprint density at radius 1 is 0.923 bits per heavy atom. The summed E-state index contributed by atoms with van der Waals surface area (Å²) in [6.45, 7) is 0. The fraction of sp³-hybridized carbons (Fsp3) is 0.200. The van der Waals surface area contributed by atoms with Gasteiger partial charge in [-0.2, -0.15) is 0 Å². The molecule has 0 amide bonds. The van der Waals surface area contributed by atoms with Gasteiger partial charge in [-0.05, 0) is 42.0 Å². The number of esters is 1. The lowest BCUT2D eigenvalue weighted by Gasteiger charge is -2.12. The van der Waals surface area contributed by atoms with Crippen LogP contribution in [0, 0.1) is 0 Å². The van der Waals surface area contributed by atoms with Gasteiger partial charge in [0, 0.05) is 11.1 Å². The molecule has 6 nitrogen and oxygen atoms in total. The minimum atomic E-state index is -0.386. The molecule has 0 saturated carbocycles. The van der Waals surface area contributed by atoms with Gasteiger partial charge in [0.15, 0.2) is 0 Å². The van der Waals surface area contributed by atoms with E-state index in [2.05, 4.69) is 5.16 Å². The van der Waals surface area contributed by atoms with Crippen LogP contribution in [0.15, 0.2) is 59.8 Å². The van der Waals surface area contributed by atoms with E-state index in [1.165, 1.54) is 7.11 Å². The van der Waals surface area contributed by atoms with E-state index >= 15 is 0 Å². The molecular weight excluding hydrogens is 334 g/mol. The Hall–Kier alpha value is -3.28. The molecule has 0 aliphatic rings. The molecular formula is C20H21NO5. The molecule has 1 N–H and O–H groups in total. The van der Waals surface area contributed by atoms with Crippen LogP contribution in [0.4, 0.5) is 0 Å². The Morgan fingerprint density at radius 3 is 1.85 bits per heavy atom. The van der Waals surface area contributed by atoms with Crippen LogP contribution in [-0.4, -0.2) is 38.2 Å². The van der Waals surface area contributed by atoms with Crippen molar-refractivity contribution in [3.8, 4) is 11.5 Å². The van der Waals surface area contributed by atoms with Gasteiger partial charge in [-0.1, -0.05) is 23.4 Å². The van der Waals surface area contributed by atoms with Gasteiger partial charge in [0.1, 0.15) is 17.2 Å².